The molecule has 3 rings (SSSR count). The fourth-order valence-corrected chi connectivity index (χ4v) is 2.57. The topological polar surface area (TPSA) is 119 Å². The minimum atomic E-state index is -1.15. The summed E-state index contributed by atoms with van der Waals surface area (Å²) in [6.07, 6.45) is 4.88. The Balaban J connectivity index is 1.58. The van der Waals surface area contributed by atoms with Crippen LogP contribution in [0.25, 0.3) is 0 Å². The number of nitrogens with one attached hydrogen (secondary N) is 3. The summed E-state index contributed by atoms with van der Waals surface area (Å²) in [4.78, 5) is 21.1. The van der Waals surface area contributed by atoms with Gasteiger partial charge in [0.25, 0.3) is 5.91 Å². The Morgan fingerprint density at radius 2 is 2.48 bits per heavy atom. The second-order valence-corrected chi connectivity index (χ2v) is 5.72. The van der Waals surface area contributed by atoms with Crippen LogP contribution in [-0.4, -0.2) is 74.5 Å². The Kier molecular flexibility index (Phi) is 4.70. The molecule has 0 radical (unpaired) electrons. The van der Waals surface area contributed by atoms with E-state index >= 15 is 0 Å². The highest BCUT2D eigenvalue weighted by molar-refractivity contribution is 5.92. The van der Waals surface area contributed by atoms with Gasteiger partial charge in [0.05, 0.1) is 26.1 Å². The fourth-order valence-electron chi connectivity index (χ4n) is 2.57. The van der Waals surface area contributed by atoms with Gasteiger partial charge in [0.2, 0.25) is 0 Å². The molecule has 1 saturated heterocycles. The monoisotopic (exact) mass is 320 g/mol. The molecule has 0 unspecified atom stereocenters. The summed E-state index contributed by atoms with van der Waals surface area (Å²) < 4.78 is 5.49. The normalized spacial score (nSPS) is 22.7. The zero-order valence-electron chi connectivity index (χ0n) is 12.7. The quantitative estimate of drug-likeness (QED) is 0.568. The molecule has 124 valence electrons. The maximum Gasteiger partial charge on any atom is 0.269 e. The predicted octanol–water partition coefficient (Wildman–Crippen LogP) is -0.874. The number of amides is 1. The number of hydrogen-bond acceptors (Lipinski definition) is 6. The zero-order chi connectivity index (χ0) is 16.1. The smallest absolute Gasteiger partial charge is 0.269 e. The molecule has 0 saturated carbocycles. The molecular formula is C14H20N6O3. The summed E-state index contributed by atoms with van der Waals surface area (Å²) in [5.74, 6) is -0.305. The number of aromatic amines is 2. The van der Waals surface area contributed by atoms with Crippen LogP contribution in [0.3, 0.4) is 0 Å². The van der Waals surface area contributed by atoms with E-state index in [1.54, 1.807) is 18.6 Å². The highest BCUT2D eigenvalue weighted by atomic mass is 16.5. The Bertz CT molecular complexity index is 615. The van der Waals surface area contributed by atoms with Gasteiger partial charge in [0.1, 0.15) is 11.3 Å². The summed E-state index contributed by atoms with van der Waals surface area (Å²) in [6, 6.07) is 1.58. The van der Waals surface area contributed by atoms with Crippen molar-refractivity contribution in [3.8, 4) is 0 Å². The molecule has 4 N–H and O–H groups in total. The van der Waals surface area contributed by atoms with E-state index in [0.29, 0.717) is 31.9 Å². The largest absolute Gasteiger partial charge is 0.384 e. The van der Waals surface area contributed by atoms with E-state index < -0.39 is 5.60 Å². The van der Waals surface area contributed by atoms with Crippen molar-refractivity contribution in [1.29, 1.82) is 0 Å². The zero-order valence-corrected chi connectivity index (χ0v) is 12.7. The first-order valence-electron chi connectivity index (χ1n) is 7.42. The number of aromatic nitrogens is 4. The van der Waals surface area contributed by atoms with E-state index in [0.717, 1.165) is 5.69 Å². The molecule has 2 aromatic rings. The maximum absolute atomic E-state index is 12.0. The van der Waals surface area contributed by atoms with Crippen molar-refractivity contribution in [2.75, 3.05) is 32.8 Å². The summed E-state index contributed by atoms with van der Waals surface area (Å²) >= 11 is 0. The van der Waals surface area contributed by atoms with Crippen LogP contribution in [0.2, 0.25) is 0 Å². The van der Waals surface area contributed by atoms with Crippen molar-refractivity contribution in [3.05, 3.63) is 36.2 Å². The predicted molar refractivity (Wildman–Crippen MR) is 80.6 cm³/mol. The summed E-state index contributed by atoms with van der Waals surface area (Å²) in [6.45, 7) is 2.55. The van der Waals surface area contributed by atoms with Gasteiger partial charge in [0.15, 0.2) is 0 Å². The Labute approximate surface area is 133 Å². The molecular weight excluding hydrogens is 300 g/mol. The van der Waals surface area contributed by atoms with E-state index in [2.05, 4.69) is 30.4 Å². The molecule has 0 aromatic carbocycles. The van der Waals surface area contributed by atoms with Gasteiger partial charge >= 0.3 is 0 Å². The van der Waals surface area contributed by atoms with Crippen LogP contribution in [0.15, 0.2) is 24.8 Å². The summed E-state index contributed by atoms with van der Waals surface area (Å²) in [7, 11) is 0. The molecule has 9 heteroatoms. The van der Waals surface area contributed by atoms with Gasteiger partial charge in [0, 0.05) is 37.7 Å². The van der Waals surface area contributed by atoms with Crippen LogP contribution in [0, 0.1) is 0 Å². The van der Waals surface area contributed by atoms with E-state index in [-0.39, 0.29) is 19.1 Å². The third-order valence-corrected chi connectivity index (χ3v) is 3.71. The average molecular weight is 320 g/mol. The minimum absolute atomic E-state index is 0.102. The molecule has 2 aromatic heterocycles. The molecule has 1 aliphatic rings. The molecule has 3 heterocycles. The number of carbonyl (C=O) groups excluding carboxylic acids is 1. The van der Waals surface area contributed by atoms with Gasteiger partial charge in [-0.25, -0.2) is 4.98 Å². The van der Waals surface area contributed by atoms with Crippen LogP contribution in [0.1, 0.15) is 16.2 Å². The molecule has 0 aliphatic carbocycles. The van der Waals surface area contributed by atoms with Crippen LogP contribution < -0.4 is 5.32 Å². The van der Waals surface area contributed by atoms with E-state index in [1.807, 2.05) is 0 Å². The van der Waals surface area contributed by atoms with Gasteiger partial charge < -0.3 is 20.1 Å². The minimum Gasteiger partial charge on any atom is -0.384 e. The second kappa shape index (κ2) is 6.90. The van der Waals surface area contributed by atoms with E-state index in [4.69, 9.17) is 4.74 Å². The summed E-state index contributed by atoms with van der Waals surface area (Å²) in [5, 5.41) is 19.8. The molecule has 1 atom stereocenters. The number of nitrogens with zero attached hydrogens (tertiary/aromatic N) is 3. The van der Waals surface area contributed by atoms with Gasteiger partial charge in [-0.05, 0) is 6.07 Å². The third-order valence-electron chi connectivity index (χ3n) is 3.71. The third kappa shape index (κ3) is 4.15. The lowest BCUT2D eigenvalue weighted by atomic mass is 10.0. The first-order valence-corrected chi connectivity index (χ1v) is 7.42. The van der Waals surface area contributed by atoms with E-state index in [1.165, 1.54) is 6.20 Å². The molecule has 23 heavy (non-hydrogen) atoms. The Hall–Kier alpha value is -2.23. The number of β-amino-alcohol motifs (C(OH)–C–C–N with tert-alkyl or cyclic N) is 1. The number of hydrogen-bond donors (Lipinski definition) is 4. The molecule has 0 spiro atoms. The van der Waals surface area contributed by atoms with Crippen LogP contribution in [0.4, 0.5) is 0 Å². The molecule has 1 aliphatic heterocycles. The van der Waals surface area contributed by atoms with Crippen molar-refractivity contribution in [1.82, 2.24) is 30.4 Å². The number of carbonyl (C=O) groups is 1. The highest BCUT2D eigenvalue weighted by Gasteiger charge is 2.33. The Morgan fingerprint density at radius 1 is 1.57 bits per heavy atom. The summed E-state index contributed by atoms with van der Waals surface area (Å²) in [5.41, 5.74) is 0.180. The van der Waals surface area contributed by atoms with Crippen LogP contribution >= 0.6 is 0 Å². The molecule has 9 nitrogen and oxygen atoms in total. The average Bonchev–Trinajstić information content (AvgIpc) is 3.20. The molecule has 1 fully saturated rings. The number of H-pyrrole nitrogens is 2. The van der Waals surface area contributed by atoms with Crippen molar-refractivity contribution in [3.63, 3.8) is 0 Å². The lowest BCUT2D eigenvalue weighted by Gasteiger charge is -2.30. The van der Waals surface area contributed by atoms with Gasteiger partial charge in [-0.15, -0.1) is 0 Å². The number of aliphatic hydroxyl groups is 1. The standard InChI is InChI=1S/C14H20N6O3/c21-13(12-1-2-18-19-12)16-7-14(22)8-20(3-4-23-9-14)6-11-5-15-10-17-11/h1-2,5,10,22H,3-4,6-9H2,(H,15,17)(H,16,21)(H,18,19)/t14-/m0/s1. The van der Waals surface area contributed by atoms with E-state index in [9.17, 15) is 9.90 Å². The first-order chi connectivity index (χ1) is 11.1. The lowest BCUT2D eigenvalue weighted by molar-refractivity contribution is -0.0346. The fraction of sp³-hybridized carbons (Fsp3) is 0.500. The molecule has 1 amide bonds. The number of rotatable bonds is 5. The van der Waals surface area contributed by atoms with Crippen LogP contribution in [0.5, 0.6) is 0 Å². The van der Waals surface area contributed by atoms with Crippen molar-refractivity contribution in [2.24, 2.45) is 0 Å². The van der Waals surface area contributed by atoms with Crippen molar-refractivity contribution >= 4 is 5.91 Å². The maximum atomic E-state index is 12.0. The van der Waals surface area contributed by atoms with Gasteiger partial charge in [-0.3, -0.25) is 14.8 Å². The number of imidazole rings is 1. The van der Waals surface area contributed by atoms with Crippen molar-refractivity contribution < 1.29 is 14.6 Å². The second-order valence-electron chi connectivity index (χ2n) is 5.72. The Morgan fingerprint density at radius 3 is 3.22 bits per heavy atom. The SMILES string of the molecule is O=C(NC[C@@]1(O)COCCN(Cc2cnc[nH]2)C1)c1ccn[nH]1. The van der Waals surface area contributed by atoms with Gasteiger partial charge in [-0.2, -0.15) is 5.10 Å². The van der Waals surface area contributed by atoms with Crippen LogP contribution in [-0.2, 0) is 11.3 Å². The lowest BCUT2D eigenvalue weighted by Crippen LogP contribution is -2.52. The van der Waals surface area contributed by atoms with Crippen molar-refractivity contribution in [2.45, 2.75) is 12.1 Å². The number of ether oxygens (including phenoxy) is 1. The molecule has 0 bridgehead atoms. The first kappa shape index (κ1) is 15.7. The van der Waals surface area contributed by atoms with Gasteiger partial charge in [-0.1, -0.05) is 0 Å². The highest BCUT2D eigenvalue weighted by Crippen LogP contribution is 2.14.